The number of alkyl halides is 3. The Bertz CT molecular complexity index is 1910. The van der Waals surface area contributed by atoms with E-state index in [2.05, 4.69) is 21.7 Å². The van der Waals surface area contributed by atoms with Gasteiger partial charge in [-0.05, 0) is 55.9 Å². The molecule has 266 valence electrons. The molecular formula is C38H40F3N7O3. The van der Waals surface area contributed by atoms with E-state index in [1.165, 1.54) is 6.07 Å². The van der Waals surface area contributed by atoms with Gasteiger partial charge >= 0.3 is 18.3 Å². The molecule has 3 aliphatic heterocycles. The van der Waals surface area contributed by atoms with Crippen molar-refractivity contribution in [3.63, 3.8) is 0 Å². The summed E-state index contributed by atoms with van der Waals surface area (Å²) in [5.41, 5.74) is 2.30. The average Bonchev–Trinajstić information content (AvgIpc) is 3.56. The molecule has 0 unspecified atom stereocenters. The molecule has 0 aliphatic carbocycles. The van der Waals surface area contributed by atoms with Crippen LogP contribution in [0.25, 0.3) is 15.6 Å². The molecule has 2 atom stereocenters. The van der Waals surface area contributed by atoms with Crippen LogP contribution in [0.4, 0.5) is 29.5 Å². The molecule has 1 amide bonds. The quantitative estimate of drug-likeness (QED) is 0.195. The number of halogens is 3. The highest BCUT2D eigenvalue weighted by Crippen LogP contribution is 2.41. The highest BCUT2D eigenvalue weighted by atomic mass is 19.4. The minimum atomic E-state index is -4.51. The van der Waals surface area contributed by atoms with Gasteiger partial charge in [-0.25, -0.2) is 11.4 Å². The number of carbonyl (C=O) groups is 1. The molecule has 0 bridgehead atoms. The SMILES string of the molecule is [C-]#[N+]C[C@H]1CN(c2nc(OC[C@@H]3CCCN3C)nc3c2CCN(c2cccc4cccc(C(F)(F)F)c24)C3)CCN1C(=O)OCc1ccccc1. The van der Waals surface area contributed by atoms with Crippen LogP contribution >= 0.6 is 0 Å². The largest absolute Gasteiger partial charge is 0.462 e. The lowest BCUT2D eigenvalue weighted by Crippen LogP contribution is -2.57. The summed E-state index contributed by atoms with van der Waals surface area (Å²) in [6.45, 7) is 11.1. The predicted molar refractivity (Wildman–Crippen MR) is 188 cm³/mol. The molecule has 4 heterocycles. The number of ether oxygens (including phenoxy) is 2. The number of aromatic nitrogens is 2. The standard InChI is InChI=1S/C38H40F3N7O3/c1-42-21-29-22-47(19-20-48(29)37(49)51-24-26-9-4-3-5-10-26)35-30-16-18-46(23-32(30)43-36(44-35)50-25-28-13-8-17-45(28)2)33-15-7-12-27-11-6-14-31(34(27)33)38(39,40)41/h3-7,9-12,14-15,28-29H,8,13,16-25H2,2H3/t28-,29-/m0/s1. The van der Waals surface area contributed by atoms with Crippen molar-refractivity contribution in [1.29, 1.82) is 0 Å². The minimum Gasteiger partial charge on any atom is -0.462 e. The Morgan fingerprint density at radius 1 is 0.961 bits per heavy atom. The van der Waals surface area contributed by atoms with Gasteiger partial charge in [0, 0.05) is 48.9 Å². The van der Waals surface area contributed by atoms with Crippen LogP contribution in [0.3, 0.4) is 0 Å². The van der Waals surface area contributed by atoms with Gasteiger partial charge in [0.05, 0.1) is 17.8 Å². The van der Waals surface area contributed by atoms with Gasteiger partial charge in [-0.15, -0.1) is 0 Å². The van der Waals surface area contributed by atoms with E-state index in [1.807, 2.05) is 35.2 Å². The molecule has 0 saturated carbocycles. The van der Waals surface area contributed by atoms with Gasteiger partial charge in [0.15, 0.2) is 0 Å². The van der Waals surface area contributed by atoms with E-state index in [4.69, 9.17) is 26.0 Å². The van der Waals surface area contributed by atoms with Crippen molar-refractivity contribution in [2.75, 3.05) is 62.7 Å². The van der Waals surface area contributed by atoms with E-state index >= 15 is 0 Å². The number of fused-ring (bicyclic) bond motifs is 2. The molecule has 4 aromatic rings. The van der Waals surface area contributed by atoms with Crippen molar-refractivity contribution in [1.82, 2.24) is 19.8 Å². The summed E-state index contributed by atoms with van der Waals surface area (Å²) in [5.74, 6) is 0.676. The monoisotopic (exact) mass is 699 g/mol. The number of carbonyl (C=O) groups excluding carboxylic acids is 1. The average molecular weight is 700 g/mol. The number of likely N-dealkylation sites (tertiary alicyclic amines) is 1. The number of likely N-dealkylation sites (N-methyl/N-ethyl adjacent to an activating group) is 1. The first-order chi connectivity index (χ1) is 24.7. The van der Waals surface area contributed by atoms with Crippen molar-refractivity contribution < 1.29 is 27.4 Å². The molecule has 1 aromatic heterocycles. The highest BCUT2D eigenvalue weighted by Gasteiger charge is 2.38. The number of rotatable bonds is 8. The number of benzene rings is 3. The fourth-order valence-corrected chi connectivity index (χ4v) is 7.45. The lowest BCUT2D eigenvalue weighted by molar-refractivity contribution is -0.136. The van der Waals surface area contributed by atoms with Crippen LogP contribution in [-0.4, -0.2) is 90.9 Å². The molecule has 0 spiro atoms. The second-order valence-corrected chi connectivity index (χ2v) is 13.4. The number of nitrogens with zero attached hydrogens (tertiary/aromatic N) is 7. The number of amides is 1. The summed E-state index contributed by atoms with van der Waals surface area (Å²) in [4.78, 5) is 34.6. The van der Waals surface area contributed by atoms with E-state index in [-0.39, 0.29) is 37.1 Å². The smallest absolute Gasteiger partial charge is 0.417 e. The second kappa shape index (κ2) is 14.6. The van der Waals surface area contributed by atoms with Crippen LogP contribution in [0, 0.1) is 6.57 Å². The molecule has 3 aliphatic rings. The zero-order valence-corrected chi connectivity index (χ0v) is 28.5. The Labute approximate surface area is 295 Å². The van der Waals surface area contributed by atoms with E-state index in [0.29, 0.717) is 61.8 Å². The van der Waals surface area contributed by atoms with Gasteiger partial charge in [0.1, 0.15) is 25.1 Å². The molecule has 0 radical (unpaired) electrons. The number of hydrogen-bond donors (Lipinski definition) is 0. The van der Waals surface area contributed by atoms with E-state index in [0.717, 1.165) is 36.6 Å². The van der Waals surface area contributed by atoms with Gasteiger partial charge in [0.25, 0.3) is 0 Å². The van der Waals surface area contributed by atoms with E-state index < -0.39 is 23.9 Å². The van der Waals surface area contributed by atoms with Crippen LogP contribution in [0.5, 0.6) is 6.01 Å². The predicted octanol–water partition coefficient (Wildman–Crippen LogP) is 6.43. The third kappa shape index (κ3) is 7.37. The molecule has 7 rings (SSSR count). The Kier molecular flexibility index (Phi) is 9.86. The van der Waals surface area contributed by atoms with Crippen molar-refractivity contribution in [2.24, 2.45) is 0 Å². The summed E-state index contributed by atoms with van der Waals surface area (Å²) in [7, 11) is 2.07. The zero-order valence-electron chi connectivity index (χ0n) is 28.5. The topological polar surface area (TPSA) is 78.6 Å². The Morgan fingerprint density at radius 3 is 2.51 bits per heavy atom. The summed E-state index contributed by atoms with van der Waals surface area (Å²) in [6, 6.07) is 19.0. The molecule has 3 aromatic carbocycles. The molecule has 10 nitrogen and oxygen atoms in total. The highest BCUT2D eigenvalue weighted by molar-refractivity contribution is 5.97. The maximum Gasteiger partial charge on any atom is 0.417 e. The van der Waals surface area contributed by atoms with Crippen molar-refractivity contribution in [3.05, 3.63) is 101 Å². The van der Waals surface area contributed by atoms with Gasteiger partial charge < -0.3 is 29.0 Å². The Morgan fingerprint density at radius 2 is 1.76 bits per heavy atom. The summed E-state index contributed by atoms with van der Waals surface area (Å²) in [6.07, 6.45) is -2.39. The molecule has 2 saturated heterocycles. The third-order valence-corrected chi connectivity index (χ3v) is 10.2. The lowest BCUT2D eigenvalue weighted by atomic mass is 9.98. The molecule has 13 heteroatoms. The fourth-order valence-electron chi connectivity index (χ4n) is 7.45. The van der Waals surface area contributed by atoms with Gasteiger partial charge in [0.2, 0.25) is 6.54 Å². The summed E-state index contributed by atoms with van der Waals surface area (Å²) in [5, 5.41) is 0.690. The van der Waals surface area contributed by atoms with Crippen LogP contribution in [0.2, 0.25) is 0 Å². The fraction of sp³-hybridized carbons (Fsp3) is 0.421. The van der Waals surface area contributed by atoms with Gasteiger partial charge in [-0.3, -0.25) is 4.90 Å². The molecule has 2 fully saturated rings. The number of piperazine rings is 1. The van der Waals surface area contributed by atoms with Crippen LogP contribution in [0.1, 0.15) is 35.2 Å². The Balaban J connectivity index is 1.18. The van der Waals surface area contributed by atoms with Crippen LogP contribution in [0.15, 0.2) is 66.7 Å². The number of hydrogen-bond acceptors (Lipinski definition) is 8. The molecular weight excluding hydrogens is 659 g/mol. The summed E-state index contributed by atoms with van der Waals surface area (Å²) >= 11 is 0. The maximum absolute atomic E-state index is 14.2. The first-order valence-corrected chi connectivity index (χ1v) is 17.3. The van der Waals surface area contributed by atoms with Crippen LogP contribution < -0.4 is 14.5 Å². The van der Waals surface area contributed by atoms with Gasteiger partial charge in [-0.2, -0.15) is 23.1 Å². The van der Waals surface area contributed by atoms with E-state index in [1.54, 1.807) is 29.2 Å². The minimum absolute atomic E-state index is 0.0952. The molecule has 0 N–H and O–H groups in total. The zero-order chi connectivity index (χ0) is 35.5. The van der Waals surface area contributed by atoms with Gasteiger partial charge in [-0.1, -0.05) is 54.6 Å². The number of anilines is 2. The van der Waals surface area contributed by atoms with Crippen LogP contribution in [-0.2, 0) is 30.5 Å². The molecule has 51 heavy (non-hydrogen) atoms. The normalized spacial score (nSPS) is 19.5. The summed E-state index contributed by atoms with van der Waals surface area (Å²) < 4.78 is 54.6. The van der Waals surface area contributed by atoms with Crippen molar-refractivity contribution >= 4 is 28.4 Å². The lowest BCUT2D eigenvalue weighted by Gasteiger charge is -2.40. The first-order valence-electron chi connectivity index (χ1n) is 17.3. The second-order valence-electron chi connectivity index (χ2n) is 13.4. The third-order valence-electron chi connectivity index (χ3n) is 10.2. The van der Waals surface area contributed by atoms with Crippen molar-refractivity contribution in [2.45, 2.75) is 50.7 Å². The van der Waals surface area contributed by atoms with E-state index in [9.17, 15) is 18.0 Å². The first kappa shape index (κ1) is 34.4. The maximum atomic E-state index is 14.2. The van der Waals surface area contributed by atoms with Crippen molar-refractivity contribution in [3.8, 4) is 6.01 Å². The Hall–Kier alpha value is -5.09.